The lowest BCUT2D eigenvalue weighted by atomic mass is 9.51. The van der Waals surface area contributed by atoms with Gasteiger partial charge in [-0.2, -0.15) is 0 Å². The standard InChI is InChI=1S/C17H25NO3/c1-9(17(20)21)14-7-18(8-14)16(19)15-12-3-10-2-11(5-12)6-13(15)4-10/h9-15H,2-8H2,1H3,(H,20,21). The summed E-state index contributed by atoms with van der Waals surface area (Å²) in [6, 6.07) is 0. The van der Waals surface area contributed by atoms with Crippen molar-refractivity contribution < 1.29 is 14.7 Å². The summed E-state index contributed by atoms with van der Waals surface area (Å²) in [4.78, 5) is 25.8. The molecule has 4 aliphatic carbocycles. The van der Waals surface area contributed by atoms with Crippen LogP contribution in [0.4, 0.5) is 0 Å². The van der Waals surface area contributed by atoms with Crippen molar-refractivity contribution in [2.75, 3.05) is 13.1 Å². The molecule has 1 saturated heterocycles. The zero-order valence-electron chi connectivity index (χ0n) is 12.7. The Morgan fingerprint density at radius 1 is 1.00 bits per heavy atom. The minimum atomic E-state index is -0.735. The van der Waals surface area contributed by atoms with Crippen molar-refractivity contribution in [3.8, 4) is 0 Å². The minimum Gasteiger partial charge on any atom is -0.481 e. The molecule has 1 unspecified atom stereocenters. The van der Waals surface area contributed by atoms with Gasteiger partial charge < -0.3 is 10.0 Å². The quantitative estimate of drug-likeness (QED) is 0.867. The molecule has 4 heteroatoms. The molecule has 5 rings (SSSR count). The van der Waals surface area contributed by atoms with Gasteiger partial charge in [-0.1, -0.05) is 6.92 Å². The fraction of sp³-hybridized carbons (Fsp3) is 0.882. The Kier molecular flexibility index (Phi) is 3.05. The molecule has 21 heavy (non-hydrogen) atoms. The van der Waals surface area contributed by atoms with Gasteiger partial charge in [0.1, 0.15) is 0 Å². The number of nitrogens with zero attached hydrogens (tertiary/aromatic N) is 1. The summed E-state index contributed by atoms with van der Waals surface area (Å²) in [6.45, 7) is 3.09. The van der Waals surface area contributed by atoms with E-state index in [2.05, 4.69) is 0 Å². The van der Waals surface area contributed by atoms with E-state index in [0.29, 0.717) is 30.8 Å². The Labute approximate surface area is 125 Å². The number of aliphatic carboxylic acids is 1. The first-order valence-corrected chi connectivity index (χ1v) is 8.54. The maximum atomic E-state index is 12.8. The second kappa shape index (κ2) is 4.72. The van der Waals surface area contributed by atoms with E-state index in [9.17, 15) is 9.59 Å². The molecular weight excluding hydrogens is 266 g/mol. The normalized spacial score (nSPS) is 42.7. The molecule has 1 amide bonds. The highest BCUT2D eigenvalue weighted by molar-refractivity contribution is 5.81. The second-order valence-corrected chi connectivity index (χ2v) is 8.09. The van der Waals surface area contributed by atoms with Gasteiger partial charge in [0.15, 0.2) is 0 Å². The van der Waals surface area contributed by atoms with E-state index < -0.39 is 5.97 Å². The smallest absolute Gasteiger partial charge is 0.306 e. The van der Waals surface area contributed by atoms with Crippen molar-refractivity contribution >= 4 is 11.9 Å². The summed E-state index contributed by atoms with van der Waals surface area (Å²) in [5.41, 5.74) is 0. The molecule has 0 aromatic carbocycles. The first-order chi connectivity index (χ1) is 10.0. The Morgan fingerprint density at radius 2 is 1.52 bits per heavy atom. The van der Waals surface area contributed by atoms with Crippen LogP contribution in [0.15, 0.2) is 0 Å². The maximum Gasteiger partial charge on any atom is 0.306 e. The molecule has 0 spiro atoms. The van der Waals surface area contributed by atoms with Gasteiger partial charge in [0.25, 0.3) is 0 Å². The van der Waals surface area contributed by atoms with Gasteiger partial charge >= 0.3 is 5.97 Å². The predicted molar refractivity (Wildman–Crippen MR) is 77.4 cm³/mol. The molecule has 0 radical (unpaired) electrons. The lowest BCUT2D eigenvalue weighted by molar-refractivity contribution is -0.160. The molecule has 1 N–H and O–H groups in total. The van der Waals surface area contributed by atoms with Crippen molar-refractivity contribution in [3.05, 3.63) is 0 Å². The first-order valence-electron chi connectivity index (χ1n) is 8.54. The third-order valence-electron chi connectivity index (χ3n) is 6.83. The largest absolute Gasteiger partial charge is 0.481 e. The maximum absolute atomic E-state index is 12.8. The number of carbonyl (C=O) groups excluding carboxylic acids is 1. The molecule has 1 atom stereocenters. The van der Waals surface area contributed by atoms with Crippen LogP contribution in [0.3, 0.4) is 0 Å². The summed E-state index contributed by atoms with van der Waals surface area (Å²) in [5, 5.41) is 9.05. The third kappa shape index (κ3) is 2.09. The highest BCUT2D eigenvalue weighted by Crippen LogP contribution is 2.57. The molecule has 4 nitrogen and oxygen atoms in total. The fourth-order valence-electron chi connectivity index (χ4n) is 5.75. The number of rotatable bonds is 3. The van der Waals surface area contributed by atoms with Crippen molar-refractivity contribution in [2.24, 2.45) is 41.4 Å². The van der Waals surface area contributed by atoms with E-state index in [-0.39, 0.29) is 17.8 Å². The number of carbonyl (C=O) groups is 2. The van der Waals surface area contributed by atoms with Gasteiger partial charge in [-0.3, -0.25) is 9.59 Å². The number of hydrogen-bond acceptors (Lipinski definition) is 2. The summed E-state index contributed by atoms with van der Waals surface area (Å²) >= 11 is 0. The van der Waals surface area contributed by atoms with Crippen LogP contribution in [0.25, 0.3) is 0 Å². The van der Waals surface area contributed by atoms with Gasteiger partial charge in [-0.15, -0.1) is 0 Å². The fourth-order valence-corrected chi connectivity index (χ4v) is 5.75. The average Bonchev–Trinajstić information content (AvgIpc) is 2.35. The summed E-state index contributed by atoms with van der Waals surface area (Å²) < 4.78 is 0. The van der Waals surface area contributed by atoms with E-state index >= 15 is 0 Å². The summed E-state index contributed by atoms with van der Waals surface area (Å²) in [6.07, 6.45) is 6.49. The van der Waals surface area contributed by atoms with Crippen LogP contribution in [0.1, 0.15) is 39.0 Å². The van der Waals surface area contributed by atoms with Crippen LogP contribution < -0.4 is 0 Å². The Balaban J connectivity index is 1.40. The van der Waals surface area contributed by atoms with E-state index in [4.69, 9.17) is 5.11 Å². The minimum absolute atomic E-state index is 0.156. The SMILES string of the molecule is CC(C(=O)O)C1CN(C(=O)C2C3CC4CC(C3)CC2C4)C1. The highest BCUT2D eigenvalue weighted by atomic mass is 16.4. The predicted octanol–water partition coefficient (Wildman–Crippen LogP) is 2.24. The molecule has 4 saturated carbocycles. The number of carboxylic acid groups (broad SMARTS) is 1. The third-order valence-corrected chi connectivity index (χ3v) is 6.83. The lowest BCUT2D eigenvalue weighted by Gasteiger charge is -2.55. The zero-order valence-corrected chi connectivity index (χ0v) is 12.7. The molecule has 5 fully saturated rings. The molecule has 1 heterocycles. The van der Waals surface area contributed by atoms with Crippen molar-refractivity contribution in [1.29, 1.82) is 0 Å². The van der Waals surface area contributed by atoms with Crippen LogP contribution in [-0.2, 0) is 9.59 Å². The average molecular weight is 291 g/mol. The van der Waals surface area contributed by atoms with E-state index in [1.54, 1.807) is 6.92 Å². The lowest BCUT2D eigenvalue weighted by Crippen LogP contribution is -2.59. The van der Waals surface area contributed by atoms with Crippen LogP contribution in [-0.4, -0.2) is 35.0 Å². The van der Waals surface area contributed by atoms with Crippen molar-refractivity contribution in [1.82, 2.24) is 4.90 Å². The molecule has 0 aromatic rings. The first kappa shape index (κ1) is 13.6. The van der Waals surface area contributed by atoms with E-state index in [1.165, 1.54) is 32.1 Å². The van der Waals surface area contributed by atoms with Gasteiger partial charge in [0, 0.05) is 24.9 Å². The number of hydrogen-bond donors (Lipinski definition) is 1. The van der Waals surface area contributed by atoms with Gasteiger partial charge in [-0.25, -0.2) is 0 Å². The molecule has 4 bridgehead atoms. The molecule has 116 valence electrons. The van der Waals surface area contributed by atoms with Crippen LogP contribution >= 0.6 is 0 Å². The molecule has 1 aliphatic heterocycles. The number of carboxylic acids is 1. The number of amides is 1. The Hall–Kier alpha value is -1.06. The van der Waals surface area contributed by atoms with Crippen LogP contribution in [0, 0.1) is 41.4 Å². The van der Waals surface area contributed by atoms with Crippen LogP contribution in [0.5, 0.6) is 0 Å². The molecular formula is C17H25NO3. The van der Waals surface area contributed by atoms with Gasteiger partial charge in [0.05, 0.1) is 5.92 Å². The molecule has 5 aliphatic rings. The van der Waals surface area contributed by atoms with Gasteiger partial charge in [0.2, 0.25) is 5.91 Å². The van der Waals surface area contributed by atoms with E-state index in [1.807, 2.05) is 4.90 Å². The Bertz CT molecular complexity index is 441. The topological polar surface area (TPSA) is 57.6 Å². The van der Waals surface area contributed by atoms with Gasteiger partial charge in [-0.05, 0) is 55.8 Å². The summed E-state index contributed by atoms with van der Waals surface area (Å²) in [7, 11) is 0. The number of likely N-dealkylation sites (tertiary alicyclic amines) is 1. The van der Waals surface area contributed by atoms with Crippen molar-refractivity contribution in [2.45, 2.75) is 39.0 Å². The van der Waals surface area contributed by atoms with E-state index in [0.717, 1.165) is 11.8 Å². The highest BCUT2D eigenvalue weighted by Gasteiger charge is 2.52. The van der Waals surface area contributed by atoms with Crippen molar-refractivity contribution in [3.63, 3.8) is 0 Å². The molecule has 0 aromatic heterocycles. The van der Waals surface area contributed by atoms with Crippen LogP contribution in [0.2, 0.25) is 0 Å². The second-order valence-electron chi connectivity index (χ2n) is 8.09. The summed E-state index contributed by atoms with van der Waals surface area (Å²) in [5.74, 6) is 2.75. The zero-order chi connectivity index (χ0) is 14.7. The Morgan fingerprint density at radius 3 is 2.00 bits per heavy atom. The monoisotopic (exact) mass is 291 g/mol.